The number of hydrogen-bond acceptors (Lipinski definition) is 3. The molecule has 0 atom stereocenters. The van der Waals surface area contributed by atoms with Crippen LogP contribution >= 0.6 is 0 Å². The van der Waals surface area contributed by atoms with Crippen molar-refractivity contribution in [1.29, 1.82) is 0 Å². The van der Waals surface area contributed by atoms with Crippen molar-refractivity contribution in [1.82, 2.24) is 19.8 Å². The van der Waals surface area contributed by atoms with Gasteiger partial charge in [0.2, 0.25) is 0 Å². The fourth-order valence-corrected chi connectivity index (χ4v) is 3.32. The van der Waals surface area contributed by atoms with Gasteiger partial charge in [0.15, 0.2) is 5.96 Å². The third-order valence-electron chi connectivity index (χ3n) is 4.68. The topological polar surface area (TPSA) is 54.7 Å². The van der Waals surface area contributed by atoms with Gasteiger partial charge in [-0.2, -0.15) is 0 Å². The predicted molar refractivity (Wildman–Crippen MR) is 105 cm³/mol. The molecule has 3 rings (SSSR count). The molecule has 6 nitrogen and oxygen atoms in total. The predicted octanol–water partition coefficient (Wildman–Crippen LogP) is 2.98. The Hall–Kier alpha value is -2.41. The maximum Gasteiger partial charge on any atom is 0.194 e. The highest BCUT2D eigenvalue weighted by atomic mass is 19.1. The van der Waals surface area contributed by atoms with E-state index in [2.05, 4.69) is 22.1 Å². The van der Waals surface area contributed by atoms with Crippen molar-refractivity contribution >= 4 is 5.96 Å². The average Bonchev–Trinajstić information content (AvgIpc) is 3.21. The van der Waals surface area contributed by atoms with Crippen molar-refractivity contribution in [3.05, 3.63) is 48.3 Å². The van der Waals surface area contributed by atoms with Crippen molar-refractivity contribution in [2.75, 3.05) is 26.2 Å². The normalized spacial score (nSPS) is 16.0. The summed E-state index contributed by atoms with van der Waals surface area (Å²) >= 11 is 0. The lowest BCUT2D eigenvalue weighted by Gasteiger charge is -2.34. The van der Waals surface area contributed by atoms with Crippen LogP contribution in [0.2, 0.25) is 0 Å². The zero-order valence-electron chi connectivity index (χ0n) is 16.1. The van der Waals surface area contributed by atoms with E-state index < -0.39 is 0 Å². The summed E-state index contributed by atoms with van der Waals surface area (Å²) < 4.78 is 21.8. The van der Waals surface area contributed by atoms with Crippen molar-refractivity contribution in [2.24, 2.45) is 4.99 Å². The van der Waals surface area contributed by atoms with E-state index >= 15 is 0 Å². The molecule has 1 N–H and O–H groups in total. The van der Waals surface area contributed by atoms with Crippen LogP contribution in [0.3, 0.4) is 0 Å². The number of likely N-dealkylation sites (tertiary alicyclic amines) is 1. The van der Waals surface area contributed by atoms with E-state index in [1.165, 1.54) is 0 Å². The second-order valence-electron chi connectivity index (χ2n) is 6.57. The first-order chi connectivity index (χ1) is 13.2. The molecule has 0 radical (unpaired) electrons. The van der Waals surface area contributed by atoms with E-state index in [0.29, 0.717) is 18.3 Å². The maximum absolute atomic E-state index is 14.4. The Morgan fingerprint density at radius 3 is 2.78 bits per heavy atom. The van der Waals surface area contributed by atoms with Crippen LogP contribution in [-0.2, 0) is 11.3 Å². The number of hydrogen-bond donors (Lipinski definition) is 1. The molecule has 1 aliphatic heterocycles. The summed E-state index contributed by atoms with van der Waals surface area (Å²) in [6.45, 7) is 7.94. The van der Waals surface area contributed by atoms with Gasteiger partial charge < -0.3 is 19.5 Å². The maximum atomic E-state index is 14.4. The Morgan fingerprint density at radius 1 is 1.33 bits per heavy atom. The first-order valence-electron chi connectivity index (χ1n) is 9.62. The Morgan fingerprint density at radius 2 is 2.15 bits per heavy atom. The number of nitrogens with zero attached hydrogens (tertiary/aromatic N) is 4. The van der Waals surface area contributed by atoms with E-state index in [1.807, 2.05) is 13.0 Å². The summed E-state index contributed by atoms with van der Waals surface area (Å²) in [6, 6.07) is 5.22. The highest BCUT2D eigenvalue weighted by molar-refractivity contribution is 5.80. The van der Waals surface area contributed by atoms with Crippen molar-refractivity contribution in [2.45, 2.75) is 39.3 Å². The van der Waals surface area contributed by atoms with E-state index in [9.17, 15) is 4.39 Å². The summed E-state index contributed by atoms with van der Waals surface area (Å²) in [5.41, 5.74) is 1.33. The number of guanidine groups is 1. The molecule has 2 aromatic rings. The van der Waals surface area contributed by atoms with Crippen LogP contribution in [0.25, 0.3) is 5.69 Å². The molecule has 0 saturated carbocycles. The lowest BCUT2D eigenvalue weighted by molar-refractivity contribution is 0.0263. The monoisotopic (exact) mass is 373 g/mol. The Bertz CT molecular complexity index is 739. The number of halogens is 1. The van der Waals surface area contributed by atoms with Crippen LogP contribution < -0.4 is 5.32 Å². The zero-order valence-corrected chi connectivity index (χ0v) is 16.1. The van der Waals surface area contributed by atoms with Gasteiger partial charge >= 0.3 is 0 Å². The molecule has 0 aliphatic carbocycles. The second-order valence-corrected chi connectivity index (χ2v) is 6.57. The third kappa shape index (κ3) is 5.07. The molecule has 0 amide bonds. The van der Waals surface area contributed by atoms with Crippen molar-refractivity contribution in [3.8, 4) is 5.69 Å². The van der Waals surface area contributed by atoms with E-state index in [0.717, 1.165) is 50.6 Å². The van der Waals surface area contributed by atoms with E-state index in [1.54, 1.807) is 35.4 Å². The summed E-state index contributed by atoms with van der Waals surface area (Å²) in [6.07, 6.45) is 7.31. The molecule has 2 heterocycles. The van der Waals surface area contributed by atoms with Gasteiger partial charge in [-0.05, 0) is 44.4 Å². The number of nitrogens with one attached hydrogen (secondary N) is 1. The van der Waals surface area contributed by atoms with Crippen LogP contribution in [-0.4, -0.2) is 52.8 Å². The van der Waals surface area contributed by atoms with Crippen molar-refractivity contribution in [3.63, 3.8) is 0 Å². The Balaban J connectivity index is 1.66. The number of aliphatic imine (C=N–C) groups is 1. The largest absolute Gasteiger partial charge is 0.378 e. The molecule has 1 aromatic heterocycles. The minimum atomic E-state index is -0.275. The van der Waals surface area contributed by atoms with Gasteiger partial charge in [0.05, 0.1) is 24.7 Å². The molecule has 1 aliphatic rings. The fraction of sp³-hybridized carbons (Fsp3) is 0.500. The Labute approximate surface area is 160 Å². The highest BCUT2D eigenvalue weighted by Gasteiger charge is 2.21. The number of imidazole rings is 1. The number of rotatable bonds is 6. The smallest absolute Gasteiger partial charge is 0.194 e. The van der Waals surface area contributed by atoms with Crippen LogP contribution in [0.15, 0.2) is 41.9 Å². The van der Waals surface area contributed by atoms with Crippen LogP contribution in [0, 0.1) is 5.82 Å². The highest BCUT2D eigenvalue weighted by Crippen LogP contribution is 2.17. The van der Waals surface area contributed by atoms with Gasteiger partial charge in [0.25, 0.3) is 0 Å². The molecule has 7 heteroatoms. The second kappa shape index (κ2) is 9.50. The van der Waals surface area contributed by atoms with Gasteiger partial charge in [0, 0.05) is 38.6 Å². The van der Waals surface area contributed by atoms with Gasteiger partial charge in [-0.3, -0.25) is 0 Å². The fourth-order valence-electron chi connectivity index (χ4n) is 3.32. The van der Waals surface area contributed by atoms with E-state index in [4.69, 9.17) is 9.73 Å². The molecule has 1 aromatic carbocycles. The minimum absolute atomic E-state index is 0.275. The van der Waals surface area contributed by atoms with Gasteiger partial charge in [-0.25, -0.2) is 14.4 Å². The number of aromatic nitrogens is 2. The van der Waals surface area contributed by atoms with Gasteiger partial charge in [-0.1, -0.05) is 6.07 Å². The molecule has 0 spiro atoms. The molecular formula is C20H28FN5O. The first kappa shape index (κ1) is 19.4. The van der Waals surface area contributed by atoms with E-state index in [-0.39, 0.29) is 5.82 Å². The number of ether oxygens (including phenoxy) is 1. The summed E-state index contributed by atoms with van der Waals surface area (Å²) in [5, 5.41) is 3.35. The molecule has 1 saturated heterocycles. The Kier molecular flexibility index (Phi) is 6.81. The minimum Gasteiger partial charge on any atom is -0.378 e. The molecule has 0 unspecified atom stereocenters. The number of piperidine rings is 1. The zero-order chi connectivity index (χ0) is 19.1. The van der Waals surface area contributed by atoms with Gasteiger partial charge in [-0.15, -0.1) is 0 Å². The summed E-state index contributed by atoms with van der Waals surface area (Å²) in [5.74, 6) is 0.606. The molecule has 146 valence electrons. The summed E-state index contributed by atoms with van der Waals surface area (Å²) in [4.78, 5) is 10.9. The SMILES string of the molecule is CCNC(=NCc1ccc(-n2ccnc2)c(F)c1)N1CCC(OCC)CC1. The molecular weight excluding hydrogens is 345 g/mol. The average molecular weight is 373 g/mol. The van der Waals surface area contributed by atoms with Crippen LogP contribution in [0.4, 0.5) is 4.39 Å². The third-order valence-corrected chi connectivity index (χ3v) is 4.68. The summed E-state index contributed by atoms with van der Waals surface area (Å²) in [7, 11) is 0. The standard InChI is InChI=1S/C20H28FN5O/c1-3-23-20(25-10-7-17(8-11-25)27-4-2)24-14-16-5-6-19(18(21)13-16)26-12-9-22-15-26/h5-6,9,12-13,15,17H,3-4,7-8,10-11,14H2,1-2H3,(H,23,24). The van der Waals surface area contributed by atoms with Crippen LogP contribution in [0.1, 0.15) is 32.3 Å². The van der Waals surface area contributed by atoms with Crippen LogP contribution in [0.5, 0.6) is 0 Å². The quantitative estimate of drug-likeness (QED) is 0.625. The molecule has 27 heavy (non-hydrogen) atoms. The van der Waals surface area contributed by atoms with Gasteiger partial charge in [0.1, 0.15) is 5.82 Å². The first-order valence-corrected chi connectivity index (χ1v) is 9.62. The molecule has 1 fully saturated rings. The molecule has 0 bridgehead atoms. The number of benzene rings is 1. The lowest BCUT2D eigenvalue weighted by Crippen LogP contribution is -2.47. The lowest BCUT2D eigenvalue weighted by atomic mass is 10.1. The van der Waals surface area contributed by atoms with Crippen molar-refractivity contribution < 1.29 is 9.13 Å².